The van der Waals surface area contributed by atoms with Gasteiger partial charge in [-0.05, 0) is 30.7 Å². The summed E-state index contributed by atoms with van der Waals surface area (Å²) in [5.74, 6) is -0.173. The summed E-state index contributed by atoms with van der Waals surface area (Å²) in [7, 11) is 0. The van der Waals surface area contributed by atoms with Gasteiger partial charge >= 0.3 is 0 Å². The molecule has 0 radical (unpaired) electrons. The molecule has 0 atom stereocenters. The highest BCUT2D eigenvalue weighted by Gasteiger charge is 2.34. The lowest BCUT2D eigenvalue weighted by Crippen LogP contribution is -2.16. The fraction of sp³-hybridized carbons (Fsp3) is 0.600. The molecule has 0 spiro atoms. The van der Waals surface area contributed by atoms with E-state index in [0.29, 0.717) is 17.7 Å². The topological polar surface area (TPSA) is 67.8 Å². The van der Waals surface area contributed by atoms with Gasteiger partial charge in [0.15, 0.2) is 17.5 Å². The Hall–Kier alpha value is -0.560. The Morgan fingerprint density at radius 1 is 0.694 bits per heavy atom. The van der Waals surface area contributed by atoms with Gasteiger partial charge in [-0.3, -0.25) is 4.79 Å². The monoisotopic (exact) mass is 614 g/mol. The molecule has 5 nitrogen and oxygen atoms in total. The van der Waals surface area contributed by atoms with Crippen molar-refractivity contribution in [2.75, 3.05) is 5.32 Å². The van der Waals surface area contributed by atoms with Crippen LogP contribution in [-0.4, -0.2) is 20.9 Å². The fourth-order valence-corrected chi connectivity index (χ4v) is 4.14. The molecule has 0 aliphatic rings. The number of benzene rings is 1. The third-order valence-electron chi connectivity index (χ3n) is 5.58. The van der Waals surface area contributed by atoms with Crippen LogP contribution in [-0.2, 0) is 12.4 Å². The number of unbranched alkanes of at least 4 members (excludes halogenated alkanes) is 10. The van der Waals surface area contributed by atoms with Gasteiger partial charge in [-0.15, -0.1) is 0 Å². The number of hydrogen-bond acceptors (Lipinski definition) is 4. The number of hydrogen-bond donors (Lipinski definition) is 1. The minimum Gasteiger partial charge on any atom is -0.326 e. The number of anilines is 1. The molecule has 200 valence electrons. The lowest BCUT2D eigenvalue weighted by Gasteiger charge is -2.15. The number of carbonyl (C=O) groups is 1. The first-order chi connectivity index (χ1) is 17.0. The minimum atomic E-state index is -1.93. The molecule has 2 aromatic rings. The summed E-state index contributed by atoms with van der Waals surface area (Å²) < 4.78 is -3.85. The molecule has 1 aromatic carbocycles. The van der Waals surface area contributed by atoms with Crippen molar-refractivity contribution in [1.29, 1.82) is 0 Å². The van der Waals surface area contributed by atoms with E-state index >= 15 is 0 Å². The number of alkyl halides is 6. The van der Waals surface area contributed by atoms with Crippen LogP contribution in [0.15, 0.2) is 24.3 Å². The van der Waals surface area contributed by atoms with E-state index in [4.69, 9.17) is 69.6 Å². The van der Waals surface area contributed by atoms with Crippen LogP contribution in [0, 0.1) is 0 Å². The summed E-state index contributed by atoms with van der Waals surface area (Å²) >= 11 is 35.6. The van der Waals surface area contributed by atoms with Crippen LogP contribution in [0.1, 0.15) is 95.6 Å². The summed E-state index contributed by atoms with van der Waals surface area (Å²) in [5.41, 5.74) is 1.23. The van der Waals surface area contributed by atoms with Crippen molar-refractivity contribution in [2.24, 2.45) is 0 Å². The van der Waals surface area contributed by atoms with Crippen molar-refractivity contribution in [3.8, 4) is 11.4 Å². The summed E-state index contributed by atoms with van der Waals surface area (Å²) in [6.45, 7) is 2.24. The third-order valence-corrected chi connectivity index (χ3v) is 6.59. The first kappa shape index (κ1) is 31.7. The Bertz CT molecular complexity index is 913. The first-order valence-corrected chi connectivity index (χ1v) is 14.6. The van der Waals surface area contributed by atoms with Crippen LogP contribution >= 0.6 is 69.6 Å². The molecule has 0 unspecified atom stereocenters. The molecule has 1 heterocycles. The van der Waals surface area contributed by atoms with Crippen molar-refractivity contribution in [1.82, 2.24) is 15.0 Å². The molecular formula is C25H32Cl6N4O. The maximum atomic E-state index is 12.3. The Balaban J connectivity index is 1.80. The number of nitrogens with one attached hydrogen (secondary N) is 1. The number of carbonyl (C=O) groups excluding carboxylic acids is 1. The molecule has 11 heteroatoms. The lowest BCUT2D eigenvalue weighted by atomic mass is 10.1. The Morgan fingerprint density at radius 2 is 1.14 bits per heavy atom. The van der Waals surface area contributed by atoms with Gasteiger partial charge in [0, 0.05) is 17.7 Å². The zero-order valence-corrected chi connectivity index (χ0v) is 24.8. The maximum Gasteiger partial charge on any atom is 0.250 e. The molecule has 1 aromatic heterocycles. The van der Waals surface area contributed by atoms with E-state index in [9.17, 15) is 4.79 Å². The largest absolute Gasteiger partial charge is 0.326 e. The van der Waals surface area contributed by atoms with Gasteiger partial charge in [0.2, 0.25) is 13.5 Å². The minimum absolute atomic E-state index is 0.0178. The van der Waals surface area contributed by atoms with Crippen molar-refractivity contribution in [3.05, 3.63) is 35.9 Å². The highest BCUT2D eigenvalue weighted by molar-refractivity contribution is 6.67. The molecule has 0 aliphatic heterocycles. The summed E-state index contributed by atoms with van der Waals surface area (Å²) in [4.78, 5) is 24.6. The number of rotatable bonds is 14. The van der Waals surface area contributed by atoms with Crippen LogP contribution in [0.5, 0.6) is 0 Å². The molecule has 2 rings (SSSR count). The average molecular weight is 617 g/mol. The average Bonchev–Trinajstić information content (AvgIpc) is 2.81. The molecule has 1 N–H and O–H groups in total. The molecule has 0 saturated heterocycles. The second-order valence-electron chi connectivity index (χ2n) is 8.71. The predicted molar refractivity (Wildman–Crippen MR) is 153 cm³/mol. The molecule has 0 aliphatic carbocycles. The molecule has 0 saturated carbocycles. The van der Waals surface area contributed by atoms with E-state index in [2.05, 4.69) is 27.2 Å². The van der Waals surface area contributed by atoms with Crippen molar-refractivity contribution >= 4 is 81.2 Å². The highest BCUT2D eigenvalue weighted by Crippen LogP contribution is 2.40. The number of halogens is 6. The van der Waals surface area contributed by atoms with E-state index in [1.165, 1.54) is 57.8 Å². The third kappa shape index (κ3) is 11.9. The van der Waals surface area contributed by atoms with Gasteiger partial charge in [0.25, 0.3) is 0 Å². The van der Waals surface area contributed by atoms with Crippen molar-refractivity contribution in [2.45, 2.75) is 91.6 Å². The first-order valence-electron chi connectivity index (χ1n) is 12.3. The Labute approximate surface area is 244 Å². The Kier molecular flexibility index (Phi) is 13.9. The van der Waals surface area contributed by atoms with Gasteiger partial charge in [0.1, 0.15) is 0 Å². The van der Waals surface area contributed by atoms with Gasteiger partial charge in [-0.1, -0.05) is 141 Å². The maximum absolute atomic E-state index is 12.3. The molecule has 0 fully saturated rings. The second kappa shape index (κ2) is 15.8. The van der Waals surface area contributed by atoms with E-state index < -0.39 is 7.59 Å². The van der Waals surface area contributed by atoms with Crippen LogP contribution in [0.2, 0.25) is 0 Å². The predicted octanol–water partition coefficient (Wildman–Crippen LogP) is 9.83. The molecule has 36 heavy (non-hydrogen) atoms. The molecule has 0 bridgehead atoms. The summed E-state index contributed by atoms with van der Waals surface area (Å²) in [6, 6.07) is 6.91. The van der Waals surface area contributed by atoms with Crippen LogP contribution < -0.4 is 5.32 Å². The lowest BCUT2D eigenvalue weighted by molar-refractivity contribution is -0.116. The van der Waals surface area contributed by atoms with Gasteiger partial charge in [-0.25, -0.2) is 15.0 Å². The van der Waals surface area contributed by atoms with Gasteiger partial charge < -0.3 is 5.32 Å². The number of aromatic nitrogens is 3. The van der Waals surface area contributed by atoms with Crippen molar-refractivity contribution in [3.63, 3.8) is 0 Å². The second-order valence-corrected chi connectivity index (χ2v) is 13.3. The fourth-order valence-electron chi connectivity index (χ4n) is 3.63. The normalized spacial score (nSPS) is 12.1. The van der Waals surface area contributed by atoms with Crippen molar-refractivity contribution < 1.29 is 4.79 Å². The standard InChI is InChI=1S/C25H32Cl6N4O/c1-2-3-4-5-6-7-8-9-10-11-12-13-20(36)32-19-16-14-18(15-17-19)21-33-22(24(26,27)28)35-23(34-21)25(29,30)31/h14-17H,2-13H2,1H3,(H,32,36). The van der Waals surface area contributed by atoms with E-state index in [1.807, 2.05) is 0 Å². The molecule has 1 amide bonds. The van der Waals surface area contributed by atoms with Crippen LogP contribution in [0.25, 0.3) is 11.4 Å². The van der Waals surface area contributed by atoms with Crippen LogP contribution in [0.4, 0.5) is 5.69 Å². The smallest absolute Gasteiger partial charge is 0.250 e. The SMILES string of the molecule is CCCCCCCCCCCCCC(=O)Nc1ccc(-c2nc(C(Cl)(Cl)Cl)nc(C(Cl)(Cl)Cl)n2)cc1. The van der Waals surface area contributed by atoms with Crippen LogP contribution in [0.3, 0.4) is 0 Å². The highest BCUT2D eigenvalue weighted by atomic mass is 35.6. The van der Waals surface area contributed by atoms with Gasteiger partial charge in [0.05, 0.1) is 0 Å². The zero-order valence-electron chi connectivity index (χ0n) is 20.3. The summed E-state index contributed by atoms with van der Waals surface area (Å²) in [5, 5.41) is 2.91. The Morgan fingerprint density at radius 3 is 1.58 bits per heavy atom. The summed E-state index contributed by atoms with van der Waals surface area (Å²) in [6.07, 6.45) is 14.2. The number of nitrogens with zero attached hydrogens (tertiary/aromatic N) is 3. The molecular weight excluding hydrogens is 585 g/mol. The van der Waals surface area contributed by atoms with E-state index in [1.54, 1.807) is 24.3 Å². The zero-order chi connectivity index (χ0) is 26.6. The van der Waals surface area contributed by atoms with E-state index in [0.717, 1.165) is 12.8 Å². The quantitative estimate of drug-likeness (QED) is 0.169. The van der Waals surface area contributed by atoms with Gasteiger partial charge in [-0.2, -0.15) is 0 Å². The van der Waals surface area contributed by atoms with E-state index in [-0.39, 0.29) is 23.4 Å². The number of amides is 1.